The summed E-state index contributed by atoms with van der Waals surface area (Å²) in [5, 5.41) is 3.50. The maximum Gasteiger partial charge on any atom is 0.324 e. The van der Waals surface area contributed by atoms with Crippen molar-refractivity contribution in [2.75, 3.05) is 12.4 Å². The van der Waals surface area contributed by atoms with E-state index in [1.165, 1.54) is 0 Å². The Morgan fingerprint density at radius 3 is 2.62 bits per heavy atom. The monoisotopic (exact) mass is 308 g/mol. The van der Waals surface area contributed by atoms with E-state index in [2.05, 4.69) is 20.3 Å². The van der Waals surface area contributed by atoms with Crippen molar-refractivity contribution in [1.82, 2.24) is 15.0 Å². The van der Waals surface area contributed by atoms with Gasteiger partial charge in [0, 0.05) is 12.1 Å². The Morgan fingerprint density at radius 2 is 1.95 bits per heavy atom. The molecule has 2 aromatic rings. The Kier molecular flexibility index (Phi) is 5.16. The van der Waals surface area contributed by atoms with E-state index in [1.807, 2.05) is 38.1 Å². The Bertz CT molecular complexity index is 607. The molecule has 0 unspecified atom stereocenters. The molecule has 0 spiro atoms. The second-order valence-corrected chi connectivity index (χ2v) is 5.00. The van der Waals surface area contributed by atoms with Gasteiger partial charge in [0.15, 0.2) is 0 Å². The third-order valence-electron chi connectivity index (χ3n) is 2.42. The number of anilines is 1. The van der Waals surface area contributed by atoms with Crippen molar-refractivity contribution >= 4 is 17.5 Å². The summed E-state index contributed by atoms with van der Waals surface area (Å²) in [6.45, 7) is 4.11. The molecular weight excluding hydrogens is 292 g/mol. The molecule has 2 rings (SSSR count). The number of nitrogens with zero attached hydrogens (tertiary/aromatic N) is 3. The molecule has 0 aliphatic heterocycles. The molecule has 6 nitrogen and oxygen atoms in total. The quantitative estimate of drug-likeness (QED) is 0.885. The molecule has 0 saturated heterocycles. The molecule has 0 amide bonds. The Hall–Kier alpha value is -2.08. The number of hydrogen-bond donors (Lipinski definition) is 1. The van der Waals surface area contributed by atoms with Gasteiger partial charge < -0.3 is 14.8 Å². The molecule has 0 bridgehead atoms. The Morgan fingerprint density at radius 1 is 1.19 bits per heavy atom. The largest absolute Gasteiger partial charge is 0.461 e. The Labute approximate surface area is 128 Å². The first-order chi connectivity index (χ1) is 10.1. The predicted molar refractivity (Wildman–Crippen MR) is 80.9 cm³/mol. The van der Waals surface area contributed by atoms with Crippen molar-refractivity contribution in [3.8, 4) is 12.0 Å². The summed E-state index contributed by atoms with van der Waals surface area (Å²) in [7, 11) is 1.72. The van der Waals surface area contributed by atoms with Gasteiger partial charge in [0.05, 0.1) is 6.10 Å². The van der Waals surface area contributed by atoms with Gasteiger partial charge in [-0.05, 0) is 31.5 Å². The molecular formula is C14H17ClN4O2. The van der Waals surface area contributed by atoms with Crippen LogP contribution in [0.4, 0.5) is 5.95 Å². The summed E-state index contributed by atoms with van der Waals surface area (Å²) < 4.78 is 11.0. The van der Waals surface area contributed by atoms with Crippen LogP contribution in [0.1, 0.15) is 19.4 Å². The van der Waals surface area contributed by atoms with Crippen LogP contribution in [-0.2, 0) is 6.61 Å². The first-order valence-corrected chi connectivity index (χ1v) is 6.92. The molecule has 21 heavy (non-hydrogen) atoms. The third kappa shape index (κ3) is 4.75. The van der Waals surface area contributed by atoms with Gasteiger partial charge in [-0.1, -0.05) is 23.7 Å². The molecule has 112 valence electrons. The average Bonchev–Trinajstić information content (AvgIpc) is 2.44. The van der Waals surface area contributed by atoms with E-state index >= 15 is 0 Å². The highest BCUT2D eigenvalue weighted by Crippen LogP contribution is 2.16. The van der Waals surface area contributed by atoms with Crippen molar-refractivity contribution in [2.24, 2.45) is 0 Å². The molecule has 7 heteroatoms. The van der Waals surface area contributed by atoms with Crippen LogP contribution in [0.2, 0.25) is 5.02 Å². The van der Waals surface area contributed by atoms with Gasteiger partial charge in [-0.25, -0.2) is 0 Å². The lowest BCUT2D eigenvalue weighted by atomic mass is 10.2. The minimum absolute atomic E-state index is 0.0297. The van der Waals surface area contributed by atoms with E-state index in [1.54, 1.807) is 7.05 Å². The highest BCUT2D eigenvalue weighted by atomic mass is 35.5. The lowest BCUT2D eigenvalue weighted by Gasteiger charge is -2.10. The van der Waals surface area contributed by atoms with Gasteiger partial charge in [0.2, 0.25) is 5.95 Å². The van der Waals surface area contributed by atoms with Crippen LogP contribution in [0.25, 0.3) is 0 Å². The van der Waals surface area contributed by atoms with Crippen LogP contribution in [0.3, 0.4) is 0 Å². The molecule has 0 fully saturated rings. The van der Waals surface area contributed by atoms with Crippen LogP contribution in [0, 0.1) is 0 Å². The molecule has 0 aliphatic rings. The highest BCUT2D eigenvalue weighted by Gasteiger charge is 2.09. The predicted octanol–water partition coefficient (Wildman–Crippen LogP) is 2.93. The maximum absolute atomic E-state index is 5.93. The van der Waals surface area contributed by atoms with Crippen LogP contribution in [-0.4, -0.2) is 28.1 Å². The number of halogens is 1. The number of nitrogens with one attached hydrogen (secondary N) is 1. The molecule has 1 aromatic carbocycles. The number of hydrogen-bond acceptors (Lipinski definition) is 6. The maximum atomic E-state index is 5.93. The fourth-order valence-corrected chi connectivity index (χ4v) is 1.77. The van der Waals surface area contributed by atoms with Crippen molar-refractivity contribution < 1.29 is 9.47 Å². The van der Waals surface area contributed by atoms with Crippen molar-refractivity contribution in [1.29, 1.82) is 0 Å². The second-order valence-electron chi connectivity index (χ2n) is 4.56. The average molecular weight is 309 g/mol. The van der Waals surface area contributed by atoms with Crippen LogP contribution in [0.5, 0.6) is 12.0 Å². The van der Waals surface area contributed by atoms with Crippen LogP contribution < -0.4 is 14.8 Å². The minimum Gasteiger partial charge on any atom is -0.461 e. The summed E-state index contributed by atoms with van der Waals surface area (Å²) in [5.74, 6) is 0.391. The minimum atomic E-state index is -0.0297. The van der Waals surface area contributed by atoms with Crippen molar-refractivity contribution in [3.05, 3.63) is 34.9 Å². The van der Waals surface area contributed by atoms with E-state index in [4.69, 9.17) is 21.1 Å². The Balaban J connectivity index is 2.11. The first kappa shape index (κ1) is 15.3. The van der Waals surface area contributed by atoms with Gasteiger partial charge in [0.25, 0.3) is 0 Å². The zero-order valence-electron chi connectivity index (χ0n) is 12.1. The normalized spacial score (nSPS) is 10.5. The highest BCUT2D eigenvalue weighted by molar-refractivity contribution is 6.30. The molecule has 0 saturated carbocycles. The van der Waals surface area contributed by atoms with Gasteiger partial charge in [-0.15, -0.1) is 4.98 Å². The van der Waals surface area contributed by atoms with E-state index < -0.39 is 0 Å². The topological polar surface area (TPSA) is 69.2 Å². The molecule has 1 aromatic heterocycles. The van der Waals surface area contributed by atoms with Gasteiger partial charge >= 0.3 is 12.0 Å². The summed E-state index contributed by atoms with van der Waals surface area (Å²) in [6.07, 6.45) is -0.0297. The number of rotatable bonds is 6. The number of aromatic nitrogens is 3. The van der Waals surface area contributed by atoms with Crippen molar-refractivity contribution in [3.63, 3.8) is 0 Å². The lowest BCUT2D eigenvalue weighted by molar-refractivity contribution is 0.211. The van der Waals surface area contributed by atoms with Gasteiger partial charge in [0.1, 0.15) is 6.61 Å². The first-order valence-electron chi connectivity index (χ1n) is 6.54. The van der Waals surface area contributed by atoms with E-state index in [9.17, 15) is 0 Å². The summed E-state index contributed by atoms with van der Waals surface area (Å²) >= 11 is 5.93. The third-order valence-corrected chi connectivity index (χ3v) is 2.65. The number of benzene rings is 1. The smallest absolute Gasteiger partial charge is 0.324 e. The van der Waals surface area contributed by atoms with Gasteiger partial charge in [-0.3, -0.25) is 0 Å². The van der Waals surface area contributed by atoms with Gasteiger partial charge in [-0.2, -0.15) is 9.97 Å². The SMILES string of the molecule is CNc1nc(OCc2cccc(Cl)c2)nc(OC(C)C)n1. The van der Waals surface area contributed by atoms with Crippen LogP contribution >= 0.6 is 11.6 Å². The van der Waals surface area contributed by atoms with E-state index in [0.717, 1.165) is 5.56 Å². The van der Waals surface area contributed by atoms with E-state index in [0.29, 0.717) is 17.6 Å². The molecule has 0 aliphatic carbocycles. The molecule has 1 N–H and O–H groups in total. The fourth-order valence-electron chi connectivity index (χ4n) is 1.55. The molecule has 0 atom stereocenters. The summed E-state index contributed by atoms with van der Waals surface area (Å²) in [6, 6.07) is 7.84. The second kappa shape index (κ2) is 7.08. The number of ether oxygens (including phenoxy) is 2. The van der Waals surface area contributed by atoms with Crippen molar-refractivity contribution in [2.45, 2.75) is 26.6 Å². The zero-order valence-corrected chi connectivity index (χ0v) is 12.9. The zero-order chi connectivity index (χ0) is 15.2. The molecule has 0 radical (unpaired) electrons. The summed E-state index contributed by atoms with van der Waals surface area (Å²) in [4.78, 5) is 12.4. The standard InChI is InChI=1S/C14H17ClN4O2/c1-9(2)21-14-18-12(16-3)17-13(19-14)20-8-10-5-4-6-11(15)7-10/h4-7,9H,8H2,1-3H3,(H,16,17,18,19). The lowest BCUT2D eigenvalue weighted by Crippen LogP contribution is -2.11. The summed E-state index contributed by atoms with van der Waals surface area (Å²) in [5.41, 5.74) is 0.931. The molecule has 1 heterocycles. The van der Waals surface area contributed by atoms with E-state index in [-0.39, 0.29) is 18.1 Å². The fraction of sp³-hybridized carbons (Fsp3) is 0.357. The van der Waals surface area contributed by atoms with Crippen LogP contribution in [0.15, 0.2) is 24.3 Å².